The Hall–Kier alpha value is -4.31. The molecular formula is C35H32F3NO11Se. The topological polar surface area (TPSA) is 189 Å². The van der Waals surface area contributed by atoms with Crippen LogP contribution in [0.15, 0.2) is 48.5 Å². The molecular weight excluding hydrogens is 746 g/mol. The SMILES string of the molecule is COc1cccc2c1C(=O)c1c(O)c3c(c(O)c1C2=O)C[C@@](O)(C(=O)C[Se]c1ccccc1)C[C@@H]3OC1CC(NC(=O)C(F)(F)F)C(O)C(C)O1. The molecule has 5 N–H and O–H groups in total. The van der Waals surface area contributed by atoms with E-state index < -0.39 is 123 Å². The van der Waals surface area contributed by atoms with E-state index >= 15 is 0 Å². The minimum absolute atomic E-state index is 0.0243. The Bertz CT molecular complexity index is 1920. The number of amides is 1. The molecule has 51 heavy (non-hydrogen) atoms. The van der Waals surface area contributed by atoms with E-state index in [2.05, 4.69) is 0 Å². The Morgan fingerprint density at radius 2 is 1.71 bits per heavy atom. The van der Waals surface area contributed by atoms with Gasteiger partial charge in [-0.3, -0.25) is 0 Å². The van der Waals surface area contributed by atoms with Crippen molar-refractivity contribution in [3.63, 3.8) is 0 Å². The summed E-state index contributed by atoms with van der Waals surface area (Å²) in [5, 5.41) is 47.5. The molecule has 16 heteroatoms. The summed E-state index contributed by atoms with van der Waals surface area (Å²) in [5.74, 6) is -6.20. The number of ether oxygens (including phenoxy) is 3. The number of fused-ring (bicyclic) bond motifs is 3. The molecule has 0 spiro atoms. The number of hydrogen-bond donors (Lipinski definition) is 5. The number of phenolic OH excluding ortho intramolecular Hbond substituents is 2. The Labute approximate surface area is 294 Å². The van der Waals surface area contributed by atoms with Gasteiger partial charge in [-0.25, -0.2) is 0 Å². The van der Waals surface area contributed by atoms with Gasteiger partial charge in [0.25, 0.3) is 0 Å². The van der Waals surface area contributed by atoms with Gasteiger partial charge in [-0.05, 0) is 0 Å². The van der Waals surface area contributed by atoms with Crippen LogP contribution in [0.3, 0.4) is 0 Å². The number of nitrogens with one attached hydrogen (secondary N) is 1. The fourth-order valence-corrected chi connectivity index (χ4v) is 8.68. The van der Waals surface area contributed by atoms with Crippen molar-refractivity contribution in [2.75, 3.05) is 7.11 Å². The molecule has 1 amide bonds. The fourth-order valence-electron chi connectivity index (χ4n) is 6.76. The molecule has 2 aliphatic carbocycles. The first kappa shape index (κ1) is 36.5. The van der Waals surface area contributed by atoms with Crippen LogP contribution in [0, 0.1) is 0 Å². The van der Waals surface area contributed by atoms with Gasteiger partial charge in [0.2, 0.25) is 0 Å². The second-order valence-corrected chi connectivity index (χ2v) is 14.7. The van der Waals surface area contributed by atoms with Crippen molar-refractivity contribution in [1.82, 2.24) is 5.32 Å². The zero-order valence-corrected chi connectivity index (χ0v) is 28.7. The van der Waals surface area contributed by atoms with Gasteiger partial charge < -0.3 is 0 Å². The van der Waals surface area contributed by atoms with Crippen LogP contribution < -0.4 is 14.5 Å². The van der Waals surface area contributed by atoms with E-state index in [1.165, 1.54) is 32.2 Å². The summed E-state index contributed by atoms with van der Waals surface area (Å²) in [7, 11) is 1.28. The number of aliphatic hydroxyl groups excluding tert-OH is 1. The monoisotopic (exact) mass is 779 g/mol. The van der Waals surface area contributed by atoms with Gasteiger partial charge in [-0.1, -0.05) is 0 Å². The van der Waals surface area contributed by atoms with Gasteiger partial charge in [0.15, 0.2) is 0 Å². The number of carbonyl (C=O) groups excluding carboxylic acids is 4. The quantitative estimate of drug-likeness (QED) is 0.130. The van der Waals surface area contributed by atoms with E-state index in [9.17, 15) is 52.8 Å². The summed E-state index contributed by atoms with van der Waals surface area (Å²) in [5.41, 5.74) is -4.18. The molecule has 6 atom stereocenters. The van der Waals surface area contributed by atoms with Gasteiger partial charge in [0.05, 0.1) is 7.11 Å². The summed E-state index contributed by atoms with van der Waals surface area (Å²) in [6.45, 7) is 1.32. The van der Waals surface area contributed by atoms with Crippen LogP contribution in [0.1, 0.15) is 68.8 Å². The van der Waals surface area contributed by atoms with Crippen LogP contribution in [0.25, 0.3) is 0 Å². The second kappa shape index (κ2) is 13.7. The molecule has 0 radical (unpaired) electrons. The normalized spacial score (nSPS) is 25.7. The number of carbonyl (C=O) groups is 4. The Morgan fingerprint density at radius 3 is 2.37 bits per heavy atom. The maximum absolute atomic E-state index is 13.9. The molecule has 6 rings (SSSR count). The number of halogens is 3. The zero-order valence-electron chi connectivity index (χ0n) is 27.0. The Morgan fingerprint density at radius 1 is 1.02 bits per heavy atom. The standard InChI is InChI=1S/C35H32F3NO11Se/c1-15-28(41)19(39-33(46)35(36,37)38)11-23(49-15)50-21-13-34(47,22(40)14-51-16-7-4-3-5-8-16)12-18-25(21)32(45)27-26(30(18)43)29(42)17-9-6-10-20(48-2)24(17)31(27)44/h3-10,15,19,21,23,28,41,43,45,47H,11-14H2,1-2H3,(H,39,46)/t15?,19?,21-,23?,28?,34-/m0/s1. The molecule has 12 nitrogen and oxygen atoms in total. The number of Topliss-reactive ketones (excluding diaryl/α,β-unsaturated/α-hetero) is 1. The van der Waals surface area contributed by atoms with Crippen molar-refractivity contribution in [1.29, 1.82) is 0 Å². The number of alkyl halides is 3. The van der Waals surface area contributed by atoms with Gasteiger partial charge in [0, 0.05) is 0 Å². The van der Waals surface area contributed by atoms with Crippen LogP contribution in [-0.2, 0) is 25.5 Å². The Balaban J connectivity index is 1.42. The van der Waals surface area contributed by atoms with Crippen LogP contribution in [-0.4, -0.2) is 102 Å². The van der Waals surface area contributed by atoms with Gasteiger partial charge in [-0.15, -0.1) is 0 Å². The molecule has 1 fully saturated rings. The van der Waals surface area contributed by atoms with Crippen LogP contribution >= 0.6 is 0 Å². The van der Waals surface area contributed by atoms with Crippen molar-refractivity contribution in [3.05, 3.63) is 81.9 Å². The molecule has 0 saturated carbocycles. The molecule has 4 unspecified atom stereocenters. The molecule has 3 aromatic carbocycles. The van der Waals surface area contributed by atoms with E-state index in [1.807, 2.05) is 12.1 Å². The van der Waals surface area contributed by atoms with E-state index in [0.717, 1.165) is 4.46 Å². The molecule has 270 valence electrons. The summed E-state index contributed by atoms with van der Waals surface area (Å²) < 4.78 is 57.2. The first-order chi connectivity index (χ1) is 24.1. The summed E-state index contributed by atoms with van der Waals surface area (Å²) in [6.07, 6.45) is -12.8. The van der Waals surface area contributed by atoms with Gasteiger partial charge in [0.1, 0.15) is 0 Å². The van der Waals surface area contributed by atoms with Crippen molar-refractivity contribution >= 4 is 42.7 Å². The summed E-state index contributed by atoms with van der Waals surface area (Å²) >= 11 is -0.433. The number of methoxy groups -OCH3 is 1. The molecule has 3 aliphatic rings. The average Bonchev–Trinajstić information content (AvgIpc) is 3.09. The summed E-state index contributed by atoms with van der Waals surface area (Å²) in [6, 6.07) is 11.7. The number of ketones is 3. The average molecular weight is 779 g/mol. The van der Waals surface area contributed by atoms with E-state index in [1.54, 1.807) is 23.5 Å². The number of phenols is 2. The number of aliphatic hydroxyl groups is 2. The molecule has 0 aromatic heterocycles. The first-order valence-corrected chi connectivity index (χ1v) is 17.8. The zero-order chi connectivity index (χ0) is 37.0. The number of rotatable bonds is 8. The molecule has 3 aromatic rings. The van der Waals surface area contributed by atoms with Crippen molar-refractivity contribution in [2.24, 2.45) is 0 Å². The number of hydrogen-bond acceptors (Lipinski definition) is 11. The van der Waals surface area contributed by atoms with Crippen LogP contribution in [0.5, 0.6) is 17.2 Å². The van der Waals surface area contributed by atoms with E-state index in [4.69, 9.17) is 14.2 Å². The van der Waals surface area contributed by atoms with Gasteiger partial charge >= 0.3 is 275 Å². The number of aromatic hydroxyl groups is 2. The predicted octanol–water partition coefficient (Wildman–Crippen LogP) is 2.18. The number of benzene rings is 3. The first-order valence-electron chi connectivity index (χ1n) is 15.7. The molecule has 0 bridgehead atoms. The minimum atomic E-state index is -5.26. The van der Waals surface area contributed by atoms with Crippen LogP contribution in [0.2, 0.25) is 5.32 Å². The molecule has 1 aliphatic heterocycles. The summed E-state index contributed by atoms with van der Waals surface area (Å²) in [4.78, 5) is 53.2. The van der Waals surface area contributed by atoms with Crippen molar-refractivity contribution in [3.8, 4) is 17.2 Å². The van der Waals surface area contributed by atoms with Crippen molar-refractivity contribution in [2.45, 2.75) is 73.9 Å². The predicted molar refractivity (Wildman–Crippen MR) is 171 cm³/mol. The maximum atomic E-state index is 13.9. The van der Waals surface area contributed by atoms with Crippen LogP contribution in [0.4, 0.5) is 13.2 Å². The molecule has 1 heterocycles. The fraction of sp³-hybridized carbons (Fsp3) is 0.371. The third-order valence-electron chi connectivity index (χ3n) is 9.30. The van der Waals surface area contributed by atoms with E-state index in [-0.39, 0.29) is 33.3 Å². The third kappa shape index (κ3) is 6.63. The third-order valence-corrected chi connectivity index (χ3v) is 11.4. The molecule has 1 saturated heterocycles. The van der Waals surface area contributed by atoms with Gasteiger partial charge in [-0.2, -0.15) is 13.2 Å². The second-order valence-electron chi connectivity index (χ2n) is 12.5. The van der Waals surface area contributed by atoms with Crippen molar-refractivity contribution < 1.29 is 67.0 Å². The Kier molecular flexibility index (Phi) is 9.78. The van der Waals surface area contributed by atoms with E-state index in [0.29, 0.717) is 0 Å².